The summed E-state index contributed by atoms with van der Waals surface area (Å²) in [6, 6.07) is 8.84. The monoisotopic (exact) mass is 252 g/mol. The Morgan fingerprint density at radius 3 is 2.41 bits per heavy atom. The Hall–Kier alpha value is -0.570. The highest BCUT2D eigenvalue weighted by molar-refractivity contribution is 5.85. The zero-order valence-corrected chi connectivity index (χ0v) is 11.2. The molecule has 1 unspecified atom stereocenters. The molecule has 0 spiro atoms. The summed E-state index contributed by atoms with van der Waals surface area (Å²) < 4.78 is 0. The molecule has 1 N–H and O–H groups in total. The van der Waals surface area contributed by atoms with Crippen molar-refractivity contribution >= 4 is 12.4 Å². The van der Waals surface area contributed by atoms with E-state index >= 15 is 0 Å². The van der Waals surface area contributed by atoms with E-state index < -0.39 is 0 Å². The Kier molecular flexibility index (Phi) is 3.76. The molecule has 0 saturated carbocycles. The van der Waals surface area contributed by atoms with E-state index in [2.05, 4.69) is 41.4 Å². The molecular weight excluding hydrogens is 232 g/mol. The molecule has 1 saturated heterocycles. The van der Waals surface area contributed by atoms with Gasteiger partial charge in [-0.25, -0.2) is 0 Å². The number of benzene rings is 1. The number of halogens is 1. The van der Waals surface area contributed by atoms with E-state index in [1.807, 2.05) is 0 Å². The van der Waals surface area contributed by atoms with Crippen molar-refractivity contribution in [1.29, 1.82) is 0 Å². The highest BCUT2D eigenvalue weighted by Gasteiger charge is 2.32. The minimum Gasteiger partial charge on any atom is -0.316 e. The van der Waals surface area contributed by atoms with Gasteiger partial charge in [-0.05, 0) is 29.5 Å². The Bertz CT molecular complexity index is 361. The molecule has 2 heterocycles. The van der Waals surface area contributed by atoms with E-state index in [-0.39, 0.29) is 12.4 Å². The van der Waals surface area contributed by atoms with Crippen molar-refractivity contribution < 1.29 is 0 Å². The molecule has 1 fully saturated rings. The number of rotatable bonds is 2. The molecule has 1 atom stereocenters. The second-order valence-corrected chi connectivity index (χ2v) is 5.65. The summed E-state index contributed by atoms with van der Waals surface area (Å²) in [6.45, 7) is 8.30. The Morgan fingerprint density at radius 2 is 1.88 bits per heavy atom. The Labute approximate surface area is 110 Å². The second-order valence-electron chi connectivity index (χ2n) is 5.65. The lowest BCUT2D eigenvalue weighted by molar-refractivity contribution is 0.179. The third-order valence-electron chi connectivity index (χ3n) is 3.97. The lowest BCUT2D eigenvalue weighted by Crippen LogP contribution is -2.34. The third kappa shape index (κ3) is 2.65. The zero-order chi connectivity index (χ0) is 11.0. The van der Waals surface area contributed by atoms with Crippen molar-refractivity contribution in [3.05, 3.63) is 35.4 Å². The quantitative estimate of drug-likeness (QED) is 0.870. The van der Waals surface area contributed by atoms with Gasteiger partial charge in [0.15, 0.2) is 0 Å². The van der Waals surface area contributed by atoms with Crippen LogP contribution in [-0.2, 0) is 13.1 Å². The topological polar surface area (TPSA) is 15.3 Å². The molecule has 3 heteroatoms. The molecule has 0 amide bonds. The molecule has 0 aliphatic carbocycles. The molecule has 0 radical (unpaired) electrons. The van der Waals surface area contributed by atoms with E-state index in [0.29, 0.717) is 5.41 Å². The molecule has 1 aromatic rings. The predicted molar refractivity (Wildman–Crippen MR) is 73.4 cm³/mol. The molecule has 2 aliphatic rings. The fourth-order valence-electron chi connectivity index (χ4n) is 3.06. The van der Waals surface area contributed by atoms with Crippen molar-refractivity contribution in [2.75, 3.05) is 19.6 Å². The van der Waals surface area contributed by atoms with Crippen molar-refractivity contribution in [2.24, 2.45) is 5.41 Å². The Morgan fingerprint density at radius 1 is 1.24 bits per heavy atom. The van der Waals surface area contributed by atoms with E-state index in [4.69, 9.17) is 0 Å². The lowest BCUT2D eigenvalue weighted by Gasteiger charge is -2.28. The largest absolute Gasteiger partial charge is 0.316 e. The van der Waals surface area contributed by atoms with Crippen LogP contribution in [0.3, 0.4) is 0 Å². The first-order chi connectivity index (χ1) is 7.75. The highest BCUT2D eigenvalue weighted by atomic mass is 35.5. The Balaban J connectivity index is 0.00000108. The van der Waals surface area contributed by atoms with Gasteiger partial charge in [0.25, 0.3) is 0 Å². The van der Waals surface area contributed by atoms with Crippen LogP contribution >= 0.6 is 12.4 Å². The van der Waals surface area contributed by atoms with Gasteiger partial charge < -0.3 is 5.32 Å². The van der Waals surface area contributed by atoms with Crippen molar-refractivity contribution in [3.63, 3.8) is 0 Å². The van der Waals surface area contributed by atoms with Crippen LogP contribution in [0.1, 0.15) is 24.5 Å². The molecule has 94 valence electrons. The van der Waals surface area contributed by atoms with Crippen LogP contribution in [0.25, 0.3) is 0 Å². The van der Waals surface area contributed by atoms with E-state index in [1.54, 1.807) is 0 Å². The minimum atomic E-state index is 0. The van der Waals surface area contributed by atoms with Crippen molar-refractivity contribution in [3.8, 4) is 0 Å². The van der Waals surface area contributed by atoms with E-state index in [0.717, 1.165) is 13.1 Å². The number of nitrogens with one attached hydrogen (secondary N) is 1. The van der Waals surface area contributed by atoms with Gasteiger partial charge in [-0.1, -0.05) is 31.2 Å². The SMILES string of the molecule is CC1(CN2Cc3ccccc3C2)CCNC1.Cl. The number of hydrogen-bond donors (Lipinski definition) is 1. The van der Waals surface area contributed by atoms with Gasteiger partial charge in [-0.15, -0.1) is 12.4 Å². The van der Waals surface area contributed by atoms with E-state index in [1.165, 1.54) is 37.2 Å². The average molecular weight is 253 g/mol. The maximum Gasteiger partial charge on any atom is 0.0240 e. The highest BCUT2D eigenvalue weighted by Crippen LogP contribution is 2.30. The minimum absolute atomic E-state index is 0. The molecule has 0 bridgehead atoms. The maximum absolute atomic E-state index is 3.48. The smallest absolute Gasteiger partial charge is 0.0240 e. The zero-order valence-electron chi connectivity index (χ0n) is 10.4. The molecule has 1 aromatic carbocycles. The molecule has 2 aliphatic heterocycles. The molecular formula is C14H21ClN2. The van der Waals surface area contributed by atoms with Crippen molar-refractivity contribution in [1.82, 2.24) is 10.2 Å². The van der Waals surface area contributed by atoms with Crippen LogP contribution in [0.15, 0.2) is 24.3 Å². The van der Waals surface area contributed by atoms with Crippen LogP contribution in [0.2, 0.25) is 0 Å². The van der Waals surface area contributed by atoms with Crippen LogP contribution in [0, 0.1) is 5.41 Å². The van der Waals surface area contributed by atoms with Gasteiger partial charge in [-0.3, -0.25) is 4.90 Å². The standard InChI is InChI=1S/C14H20N2.ClH/c1-14(6-7-15-10-14)11-16-8-12-4-2-3-5-13(12)9-16;/h2-5,15H,6-11H2,1H3;1H. The molecule has 17 heavy (non-hydrogen) atoms. The fourth-order valence-corrected chi connectivity index (χ4v) is 3.06. The van der Waals surface area contributed by atoms with Crippen LogP contribution < -0.4 is 5.32 Å². The number of hydrogen-bond acceptors (Lipinski definition) is 2. The van der Waals surface area contributed by atoms with Crippen LogP contribution in [0.5, 0.6) is 0 Å². The third-order valence-corrected chi connectivity index (χ3v) is 3.97. The lowest BCUT2D eigenvalue weighted by atomic mass is 9.89. The summed E-state index contributed by atoms with van der Waals surface area (Å²) in [6.07, 6.45) is 1.32. The van der Waals surface area contributed by atoms with Gasteiger partial charge in [0.2, 0.25) is 0 Å². The van der Waals surface area contributed by atoms with Gasteiger partial charge in [-0.2, -0.15) is 0 Å². The first-order valence-electron chi connectivity index (χ1n) is 6.25. The fraction of sp³-hybridized carbons (Fsp3) is 0.571. The summed E-state index contributed by atoms with van der Waals surface area (Å²) in [5.74, 6) is 0. The van der Waals surface area contributed by atoms with Gasteiger partial charge in [0, 0.05) is 26.2 Å². The van der Waals surface area contributed by atoms with Gasteiger partial charge in [0.1, 0.15) is 0 Å². The number of nitrogens with zero attached hydrogens (tertiary/aromatic N) is 1. The first kappa shape index (κ1) is 12.9. The summed E-state index contributed by atoms with van der Waals surface area (Å²) >= 11 is 0. The predicted octanol–water partition coefficient (Wildman–Crippen LogP) is 2.42. The summed E-state index contributed by atoms with van der Waals surface area (Å²) in [5, 5.41) is 3.48. The second kappa shape index (κ2) is 4.97. The maximum atomic E-state index is 3.48. The number of fused-ring (bicyclic) bond motifs is 1. The summed E-state index contributed by atoms with van der Waals surface area (Å²) in [7, 11) is 0. The van der Waals surface area contributed by atoms with Crippen LogP contribution in [0.4, 0.5) is 0 Å². The van der Waals surface area contributed by atoms with Gasteiger partial charge >= 0.3 is 0 Å². The van der Waals surface area contributed by atoms with Crippen LogP contribution in [-0.4, -0.2) is 24.5 Å². The molecule has 0 aromatic heterocycles. The summed E-state index contributed by atoms with van der Waals surface area (Å²) in [4.78, 5) is 2.59. The molecule has 3 rings (SSSR count). The van der Waals surface area contributed by atoms with Crippen molar-refractivity contribution in [2.45, 2.75) is 26.4 Å². The normalized spacial score (nSPS) is 27.8. The summed E-state index contributed by atoms with van der Waals surface area (Å²) in [5.41, 5.74) is 3.54. The average Bonchev–Trinajstić information content (AvgIpc) is 2.84. The first-order valence-corrected chi connectivity index (χ1v) is 6.25. The van der Waals surface area contributed by atoms with E-state index in [9.17, 15) is 0 Å². The molecule has 2 nitrogen and oxygen atoms in total. The van der Waals surface area contributed by atoms with Gasteiger partial charge in [0.05, 0.1) is 0 Å².